The van der Waals surface area contributed by atoms with Gasteiger partial charge in [-0.25, -0.2) is 12.8 Å². The lowest BCUT2D eigenvalue weighted by Crippen LogP contribution is -2.43. The van der Waals surface area contributed by atoms with Crippen LogP contribution in [-0.4, -0.2) is 45.7 Å². The summed E-state index contributed by atoms with van der Waals surface area (Å²) >= 11 is 0.888. The summed E-state index contributed by atoms with van der Waals surface area (Å²) in [5.41, 5.74) is 0.493. The SMILES string of the molecule is CC(C)C(NS(=O)(=O)c1ccc(-c2nnn(-c3ccc(F)cc3)n2)s1)C(=O)O. The van der Waals surface area contributed by atoms with Crippen LogP contribution in [-0.2, 0) is 14.8 Å². The van der Waals surface area contributed by atoms with Crippen molar-refractivity contribution in [2.45, 2.75) is 24.1 Å². The lowest BCUT2D eigenvalue weighted by Gasteiger charge is -2.17. The van der Waals surface area contributed by atoms with Gasteiger partial charge in [0.15, 0.2) is 0 Å². The Balaban J connectivity index is 1.84. The van der Waals surface area contributed by atoms with Crippen LogP contribution in [0.5, 0.6) is 0 Å². The lowest BCUT2D eigenvalue weighted by atomic mass is 10.1. The normalized spacial score (nSPS) is 13.0. The highest BCUT2D eigenvalue weighted by molar-refractivity contribution is 7.91. The van der Waals surface area contributed by atoms with Crippen molar-refractivity contribution in [1.29, 1.82) is 0 Å². The predicted octanol–water partition coefficient (Wildman–Crippen LogP) is 1.92. The molecule has 0 radical (unpaired) electrons. The number of nitrogens with one attached hydrogen (secondary N) is 1. The number of thiophene rings is 1. The molecule has 2 aromatic heterocycles. The zero-order chi connectivity index (χ0) is 20.5. The summed E-state index contributed by atoms with van der Waals surface area (Å²) in [7, 11) is -4.02. The maximum atomic E-state index is 13.0. The van der Waals surface area contributed by atoms with Crippen LogP contribution in [0.4, 0.5) is 4.39 Å². The molecule has 0 fully saturated rings. The van der Waals surface area contributed by atoms with E-state index in [0.717, 1.165) is 11.3 Å². The fourth-order valence-corrected chi connectivity index (χ4v) is 4.86. The molecule has 9 nitrogen and oxygen atoms in total. The van der Waals surface area contributed by atoms with Crippen molar-refractivity contribution >= 4 is 27.3 Å². The molecule has 12 heteroatoms. The van der Waals surface area contributed by atoms with Crippen LogP contribution in [0.1, 0.15) is 13.8 Å². The van der Waals surface area contributed by atoms with Crippen molar-refractivity contribution in [2.24, 2.45) is 5.92 Å². The zero-order valence-electron chi connectivity index (χ0n) is 14.8. The average molecular weight is 425 g/mol. The van der Waals surface area contributed by atoms with Crippen molar-refractivity contribution in [3.8, 4) is 16.4 Å². The molecule has 1 atom stereocenters. The molecule has 2 heterocycles. The highest BCUT2D eigenvalue weighted by atomic mass is 32.2. The van der Waals surface area contributed by atoms with Gasteiger partial charge in [-0.3, -0.25) is 4.79 Å². The molecule has 0 aliphatic carbocycles. The van der Waals surface area contributed by atoms with Crippen LogP contribution in [0.2, 0.25) is 0 Å². The summed E-state index contributed by atoms with van der Waals surface area (Å²) in [5, 5.41) is 21.1. The minimum atomic E-state index is -4.02. The monoisotopic (exact) mass is 425 g/mol. The van der Waals surface area contributed by atoms with Crippen LogP contribution < -0.4 is 4.72 Å². The molecule has 0 saturated carbocycles. The van der Waals surface area contributed by atoms with Gasteiger partial charge < -0.3 is 5.11 Å². The number of nitrogens with zero attached hydrogens (tertiary/aromatic N) is 4. The molecule has 28 heavy (non-hydrogen) atoms. The molecule has 1 aromatic carbocycles. The number of rotatable bonds is 7. The molecule has 3 aromatic rings. The van der Waals surface area contributed by atoms with Gasteiger partial charge in [0, 0.05) is 0 Å². The number of sulfonamides is 1. The number of carbonyl (C=O) groups is 1. The first-order valence-electron chi connectivity index (χ1n) is 8.08. The van der Waals surface area contributed by atoms with Gasteiger partial charge in [-0.1, -0.05) is 13.8 Å². The maximum absolute atomic E-state index is 13.0. The van der Waals surface area contributed by atoms with Gasteiger partial charge >= 0.3 is 5.97 Å². The fourth-order valence-electron chi connectivity index (χ4n) is 2.28. The molecule has 0 spiro atoms. The molecule has 0 bridgehead atoms. The van der Waals surface area contributed by atoms with E-state index in [1.165, 1.54) is 41.2 Å². The second-order valence-electron chi connectivity index (χ2n) is 6.18. The van der Waals surface area contributed by atoms with E-state index in [9.17, 15) is 22.7 Å². The van der Waals surface area contributed by atoms with Crippen molar-refractivity contribution in [3.63, 3.8) is 0 Å². The summed E-state index contributed by atoms with van der Waals surface area (Å²) in [6.45, 7) is 3.22. The van der Waals surface area contributed by atoms with Gasteiger partial charge in [-0.05, 0) is 47.5 Å². The third-order valence-electron chi connectivity index (χ3n) is 3.75. The summed E-state index contributed by atoms with van der Waals surface area (Å²) in [6, 6.07) is 7.09. The largest absolute Gasteiger partial charge is 0.480 e. The van der Waals surface area contributed by atoms with Crippen LogP contribution in [0.3, 0.4) is 0 Å². The average Bonchev–Trinajstić information content (AvgIpc) is 3.29. The predicted molar refractivity (Wildman–Crippen MR) is 99.0 cm³/mol. The zero-order valence-corrected chi connectivity index (χ0v) is 16.4. The molecule has 148 valence electrons. The minimum absolute atomic E-state index is 0.0625. The second-order valence-corrected chi connectivity index (χ2v) is 9.20. The Bertz CT molecular complexity index is 1090. The van der Waals surface area contributed by atoms with Gasteiger partial charge in [0.25, 0.3) is 10.0 Å². The smallest absolute Gasteiger partial charge is 0.322 e. The molecule has 0 amide bonds. The number of carboxylic acid groups (broad SMARTS) is 1. The molecule has 0 saturated heterocycles. The highest BCUT2D eigenvalue weighted by Gasteiger charge is 2.29. The Morgan fingerprint density at radius 2 is 1.89 bits per heavy atom. The van der Waals surface area contributed by atoms with Gasteiger partial charge in [0.2, 0.25) is 5.82 Å². The third kappa shape index (κ3) is 4.24. The van der Waals surface area contributed by atoms with E-state index >= 15 is 0 Å². The second kappa shape index (κ2) is 7.73. The van der Waals surface area contributed by atoms with Crippen molar-refractivity contribution in [1.82, 2.24) is 24.9 Å². The Kier molecular flexibility index (Phi) is 5.54. The molecule has 1 unspecified atom stereocenters. The van der Waals surface area contributed by atoms with Gasteiger partial charge in [-0.2, -0.15) is 4.72 Å². The number of carboxylic acids is 1. The molecular weight excluding hydrogens is 409 g/mol. The van der Waals surface area contributed by atoms with E-state index in [4.69, 9.17) is 0 Å². The summed E-state index contributed by atoms with van der Waals surface area (Å²) in [5.74, 6) is -1.89. The quantitative estimate of drug-likeness (QED) is 0.592. The molecule has 2 N–H and O–H groups in total. The van der Waals surface area contributed by atoms with Crippen LogP contribution in [0.15, 0.2) is 40.6 Å². The van der Waals surface area contributed by atoms with E-state index in [1.54, 1.807) is 13.8 Å². The van der Waals surface area contributed by atoms with Crippen molar-refractivity contribution < 1.29 is 22.7 Å². The van der Waals surface area contributed by atoms with Crippen LogP contribution in [0.25, 0.3) is 16.4 Å². The molecule has 0 aliphatic heterocycles. The highest BCUT2D eigenvalue weighted by Crippen LogP contribution is 2.28. The van der Waals surface area contributed by atoms with Crippen LogP contribution in [0, 0.1) is 11.7 Å². The number of tetrazole rings is 1. The summed E-state index contributed by atoms with van der Waals surface area (Å²) in [6.07, 6.45) is 0. The van der Waals surface area contributed by atoms with E-state index in [0.29, 0.717) is 10.6 Å². The topological polar surface area (TPSA) is 127 Å². The first kappa shape index (κ1) is 20.0. The first-order chi connectivity index (χ1) is 13.2. The Morgan fingerprint density at radius 3 is 2.50 bits per heavy atom. The van der Waals surface area contributed by atoms with Crippen molar-refractivity contribution in [3.05, 3.63) is 42.2 Å². The summed E-state index contributed by atoms with van der Waals surface area (Å²) < 4.78 is 40.1. The summed E-state index contributed by atoms with van der Waals surface area (Å²) in [4.78, 5) is 12.9. The Morgan fingerprint density at radius 1 is 1.21 bits per heavy atom. The van der Waals surface area contributed by atoms with E-state index < -0.39 is 33.8 Å². The number of hydrogen-bond acceptors (Lipinski definition) is 7. The minimum Gasteiger partial charge on any atom is -0.480 e. The molecular formula is C16H16FN5O4S2. The fraction of sp³-hybridized carbons (Fsp3) is 0.250. The van der Waals surface area contributed by atoms with E-state index in [1.807, 2.05) is 0 Å². The number of benzene rings is 1. The maximum Gasteiger partial charge on any atom is 0.322 e. The molecule has 0 aliphatic rings. The molecule has 3 rings (SSSR count). The van der Waals surface area contributed by atoms with Crippen LogP contribution >= 0.6 is 11.3 Å². The first-order valence-corrected chi connectivity index (χ1v) is 10.4. The Labute approximate surface area is 163 Å². The van der Waals surface area contributed by atoms with E-state index in [-0.39, 0.29) is 10.0 Å². The Hall–Kier alpha value is -2.70. The number of halogens is 1. The third-order valence-corrected chi connectivity index (χ3v) is 6.77. The lowest BCUT2D eigenvalue weighted by molar-refractivity contribution is -0.140. The van der Waals surface area contributed by atoms with Gasteiger partial charge in [0.1, 0.15) is 16.1 Å². The van der Waals surface area contributed by atoms with E-state index in [2.05, 4.69) is 20.1 Å². The van der Waals surface area contributed by atoms with Gasteiger partial charge in [-0.15, -0.1) is 26.3 Å². The standard InChI is InChI=1S/C16H16FN5O4S2/c1-9(2)14(16(23)24)20-28(25,26)13-8-7-12(27-13)15-18-21-22(19-15)11-5-3-10(17)4-6-11/h3-9,14,20H,1-2H3,(H,23,24). The van der Waals surface area contributed by atoms with Crippen molar-refractivity contribution in [2.75, 3.05) is 0 Å². The number of hydrogen-bond donors (Lipinski definition) is 2. The number of aliphatic carboxylic acids is 1. The number of aromatic nitrogens is 4. The van der Waals surface area contributed by atoms with Gasteiger partial charge in [0.05, 0.1) is 10.6 Å².